The minimum absolute atomic E-state index is 0.00496. The fraction of sp³-hybridized carbons (Fsp3) is 0.300. The summed E-state index contributed by atoms with van der Waals surface area (Å²) in [5.74, 6) is 1.47. The zero-order chi connectivity index (χ0) is 18.1. The van der Waals surface area contributed by atoms with Crippen molar-refractivity contribution in [1.82, 2.24) is 20.0 Å². The summed E-state index contributed by atoms with van der Waals surface area (Å²) in [5.41, 5.74) is 2.43. The molecule has 1 saturated heterocycles. The Bertz CT molecular complexity index is 905. The summed E-state index contributed by atoms with van der Waals surface area (Å²) < 4.78 is 5.51. The van der Waals surface area contributed by atoms with E-state index in [2.05, 4.69) is 22.0 Å². The molecular formula is C20H20N4O2. The van der Waals surface area contributed by atoms with Crippen LogP contribution in [0, 0.1) is 12.8 Å². The van der Waals surface area contributed by atoms with Gasteiger partial charge in [0.2, 0.25) is 11.7 Å². The van der Waals surface area contributed by atoms with Gasteiger partial charge in [0.25, 0.3) is 5.91 Å². The number of amides is 1. The van der Waals surface area contributed by atoms with Crippen LogP contribution < -0.4 is 0 Å². The average Bonchev–Trinajstić information content (AvgIpc) is 3.29. The van der Waals surface area contributed by atoms with Crippen molar-refractivity contribution >= 4 is 5.91 Å². The first-order chi connectivity index (χ1) is 12.6. The molecule has 6 nitrogen and oxygen atoms in total. The molecule has 0 bridgehead atoms. The van der Waals surface area contributed by atoms with Crippen molar-refractivity contribution in [2.45, 2.75) is 19.8 Å². The molecule has 2 atom stereocenters. The van der Waals surface area contributed by atoms with Gasteiger partial charge in [-0.1, -0.05) is 42.4 Å². The normalized spacial score (nSPS) is 19.7. The Balaban J connectivity index is 1.51. The summed E-state index contributed by atoms with van der Waals surface area (Å²) in [6, 6.07) is 13.4. The SMILES string of the molecule is Cc1ccc(C(=O)N2C[C@H](c3nc(-c4ccccc4)no3)[C@@H](C)C2)cn1. The number of carbonyl (C=O) groups excluding carboxylic acids is 1. The van der Waals surface area contributed by atoms with Crippen LogP contribution in [0.2, 0.25) is 0 Å². The van der Waals surface area contributed by atoms with Crippen LogP contribution in [0.1, 0.15) is 34.8 Å². The number of aromatic nitrogens is 3. The third-order valence-electron chi connectivity index (χ3n) is 4.85. The lowest BCUT2D eigenvalue weighted by atomic mass is 9.98. The molecule has 0 saturated carbocycles. The van der Waals surface area contributed by atoms with E-state index < -0.39 is 0 Å². The Morgan fingerprint density at radius 3 is 2.69 bits per heavy atom. The highest BCUT2D eigenvalue weighted by molar-refractivity contribution is 5.94. The molecule has 0 unspecified atom stereocenters. The van der Waals surface area contributed by atoms with Gasteiger partial charge < -0.3 is 9.42 Å². The third-order valence-corrected chi connectivity index (χ3v) is 4.85. The van der Waals surface area contributed by atoms with Gasteiger partial charge in [-0.25, -0.2) is 0 Å². The summed E-state index contributed by atoms with van der Waals surface area (Å²) in [5, 5.41) is 4.10. The summed E-state index contributed by atoms with van der Waals surface area (Å²) >= 11 is 0. The van der Waals surface area contributed by atoms with E-state index in [1.807, 2.05) is 54.3 Å². The van der Waals surface area contributed by atoms with Crippen LogP contribution in [0.15, 0.2) is 53.2 Å². The number of pyridine rings is 1. The lowest BCUT2D eigenvalue weighted by Gasteiger charge is -2.15. The van der Waals surface area contributed by atoms with Crippen LogP contribution in [-0.2, 0) is 0 Å². The van der Waals surface area contributed by atoms with Crippen LogP contribution in [0.4, 0.5) is 0 Å². The lowest BCUT2D eigenvalue weighted by molar-refractivity contribution is 0.0785. The second kappa shape index (κ2) is 6.71. The molecule has 132 valence electrons. The molecule has 0 aliphatic carbocycles. The standard InChI is InChI=1S/C20H20N4O2/c1-13-11-24(20(25)16-9-8-14(2)21-10-16)12-17(13)19-22-18(23-26-19)15-6-4-3-5-7-15/h3-10,13,17H,11-12H2,1-2H3/t13-,17-/m0/s1. The van der Waals surface area contributed by atoms with Crippen molar-refractivity contribution in [3.63, 3.8) is 0 Å². The number of likely N-dealkylation sites (tertiary alicyclic amines) is 1. The molecule has 4 rings (SSSR count). The van der Waals surface area contributed by atoms with Crippen molar-refractivity contribution in [2.75, 3.05) is 13.1 Å². The van der Waals surface area contributed by atoms with Crippen molar-refractivity contribution in [1.29, 1.82) is 0 Å². The fourth-order valence-corrected chi connectivity index (χ4v) is 3.32. The maximum atomic E-state index is 12.7. The molecule has 3 heterocycles. The molecule has 1 amide bonds. The van der Waals surface area contributed by atoms with E-state index in [1.165, 1.54) is 0 Å². The zero-order valence-corrected chi connectivity index (χ0v) is 14.8. The van der Waals surface area contributed by atoms with Crippen molar-refractivity contribution < 1.29 is 9.32 Å². The molecule has 26 heavy (non-hydrogen) atoms. The van der Waals surface area contributed by atoms with Crippen LogP contribution in [0.3, 0.4) is 0 Å². The minimum atomic E-state index is -0.00496. The molecule has 1 aliphatic heterocycles. The highest BCUT2D eigenvalue weighted by Crippen LogP contribution is 2.33. The summed E-state index contributed by atoms with van der Waals surface area (Å²) in [6.45, 7) is 5.25. The van der Waals surface area contributed by atoms with E-state index in [9.17, 15) is 4.79 Å². The van der Waals surface area contributed by atoms with E-state index >= 15 is 0 Å². The van der Waals surface area contributed by atoms with Crippen molar-refractivity contribution in [2.24, 2.45) is 5.92 Å². The molecule has 1 fully saturated rings. The van der Waals surface area contributed by atoms with Gasteiger partial charge in [0.05, 0.1) is 11.5 Å². The topological polar surface area (TPSA) is 72.1 Å². The third kappa shape index (κ3) is 3.10. The molecule has 0 radical (unpaired) electrons. The summed E-state index contributed by atoms with van der Waals surface area (Å²) in [4.78, 5) is 23.3. The van der Waals surface area contributed by atoms with E-state index in [1.54, 1.807) is 6.20 Å². The Labute approximate surface area is 151 Å². The first kappa shape index (κ1) is 16.4. The number of hydrogen-bond acceptors (Lipinski definition) is 5. The maximum absolute atomic E-state index is 12.7. The molecule has 6 heteroatoms. The van der Waals surface area contributed by atoms with E-state index in [0.717, 1.165) is 11.3 Å². The van der Waals surface area contributed by atoms with Gasteiger partial charge in [0.15, 0.2) is 0 Å². The monoisotopic (exact) mass is 348 g/mol. The molecule has 1 aliphatic rings. The number of benzene rings is 1. The van der Waals surface area contributed by atoms with Gasteiger partial charge in [0, 0.05) is 30.5 Å². The average molecular weight is 348 g/mol. The van der Waals surface area contributed by atoms with Crippen LogP contribution >= 0.6 is 0 Å². The van der Waals surface area contributed by atoms with E-state index in [4.69, 9.17) is 4.52 Å². The quantitative estimate of drug-likeness (QED) is 0.726. The highest BCUT2D eigenvalue weighted by atomic mass is 16.5. The maximum Gasteiger partial charge on any atom is 0.255 e. The number of rotatable bonds is 3. The molecule has 2 aromatic heterocycles. The predicted octanol–water partition coefficient (Wildman–Crippen LogP) is 3.32. The number of nitrogens with zero attached hydrogens (tertiary/aromatic N) is 4. The first-order valence-electron chi connectivity index (χ1n) is 8.73. The van der Waals surface area contributed by atoms with Gasteiger partial charge in [-0.15, -0.1) is 0 Å². The molecule has 0 N–H and O–H groups in total. The van der Waals surface area contributed by atoms with E-state index in [0.29, 0.717) is 30.4 Å². The largest absolute Gasteiger partial charge is 0.339 e. The highest BCUT2D eigenvalue weighted by Gasteiger charge is 2.37. The smallest absolute Gasteiger partial charge is 0.255 e. The Morgan fingerprint density at radius 2 is 1.96 bits per heavy atom. The molecular weight excluding hydrogens is 328 g/mol. The number of aryl methyl sites for hydroxylation is 1. The Hall–Kier alpha value is -3.02. The first-order valence-corrected chi connectivity index (χ1v) is 8.73. The number of carbonyl (C=O) groups is 1. The lowest BCUT2D eigenvalue weighted by Crippen LogP contribution is -2.29. The van der Waals surface area contributed by atoms with Crippen molar-refractivity contribution in [3.8, 4) is 11.4 Å². The Morgan fingerprint density at radius 1 is 1.15 bits per heavy atom. The van der Waals surface area contributed by atoms with Gasteiger partial charge in [0.1, 0.15) is 0 Å². The van der Waals surface area contributed by atoms with Crippen LogP contribution in [0.5, 0.6) is 0 Å². The van der Waals surface area contributed by atoms with Crippen LogP contribution in [-0.4, -0.2) is 39.0 Å². The van der Waals surface area contributed by atoms with Gasteiger partial charge >= 0.3 is 0 Å². The fourth-order valence-electron chi connectivity index (χ4n) is 3.32. The molecule has 1 aromatic carbocycles. The Kier molecular flexibility index (Phi) is 4.24. The predicted molar refractivity (Wildman–Crippen MR) is 96.5 cm³/mol. The molecule has 0 spiro atoms. The minimum Gasteiger partial charge on any atom is -0.339 e. The second-order valence-electron chi connectivity index (χ2n) is 6.80. The van der Waals surface area contributed by atoms with Crippen LogP contribution in [0.25, 0.3) is 11.4 Å². The molecule has 3 aromatic rings. The zero-order valence-electron chi connectivity index (χ0n) is 14.8. The summed E-state index contributed by atoms with van der Waals surface area (Å²) in [7, 11) is 0. The van der Waals surface area contributed by atoms with E-state index in [-0.39, 0.29) is 17.7 Å². The van der Waals surface area contributed by atoms with Gasteiger partial charge in [-0.3, -0.25) is 9.78 Å². The van der Waals surface area contributed by atoms with Gasteiger partial charge in [-0.2, -0.15) is 4.98 Å². The van der Waals surface area contributed by atoms with Crippen molar-refractivity contribution in [3.05, 3.63) is 65.8 Å². The second-order valence-corrected chi connectivity index (χ2v) is 6.80. The van der Waals surface area contributed by atoms with Gasteiger partial charge in [-0.05, 0) is 25.0 Å². The number of hydrogen-bond donors (Lipinski definition) is 0. The summed E-state index contributed by atoms with van der Waals surface area (Å²) in [6.07, 6.45) is 1.63.